The number of hydrogen-bond donors (Lipinski definition) is 2. The monoisotopic (exact) mass is 294 g/mol. The summed E-state index contributed by atoms with van der Waals surface area (Å²) in [4.78, 5) is 21.8. The van der Waals surface area contributed by atoms with Gasteiger partial charge in [0, 0.05) is 0 Å². The third-order valence-corrected chi connectivity index (χ3v) is 3.23. The molecule has 0 aliphatic heterocycles. The molecule has 0 fully saturated rings. The molecule has 1 aromatic carbocycles. The van der Waals surface area contributed by atoms with Crippen molar-refractivity contribution in [2.45, 2.75) is 44.9 Å². The molecule has 0 saturated heterocycles. The van der Waals surface area contributed by atoms with Gasteiger partial charge in [0.1, 0.15) is 5.75 Å². The second-order valence-corrected chi connectivity index (χ2v) is 4.97. The number of hydrogen-bond acceptors (Lipinski definition) is 3. The van der Waals surface area contributed by atoms with Crippen LogP contribution in [0.3, 0.4) is 0 Å². The smallest absolute Gasteiger partial charge is 0.311 e. The Bertz CT molecular complexity index is 452. The van der Waals surface area contributed by atoms with Gasteiger partial charge < -0.3 is 14.9 Å². The van der Waals surface area contributed by atoms with Crippen LogP contribution in [-0.2, 0) is 9.59 Å². The van der Waals surface area contributed by atoms with Crippen molar-refractivity contribution in [3.63, 3.8) is 0 Å². The van der Waals surface area contributed by atoms with Gasteiger partial charge in [-0.3, -0.25) is 9.59 Å². The van der Waals surface area contributed by atoms with Crippen LogP contribution in [0.4, 0.5) is 0 Å². The Morgan fingerprint density at radius 1 is 1.10 bits per heavy atom. The van der Waals surface area contributed by atoms with Gasteiger partial charge in [-0.1, -0.05) is 38.3 Å². The molecule has 0 radical (unpaired) electrons. The molecule has 116 valence electrons. The lowest BCUT2D eigenvalue weighted by Gasteiger charge is -2.11. The lowest BCUT2D eigenvalue weighted by Crippen LogP contribution is -2.15. The summed E-state index contributed by atoms with van der Waals surface area (Å²) in [7, 11) is 0. The van der Waals surface area contributed by atoms with Crippen molar-refractivity contribution in [2.24, 2.45) is 0 Å². The molecule has 0 bridgehead atoms. The molecule has 0 amide bonds. The molecule has 0 heterocycles. The van der Waals surface area contributed by atoms with E-state index in [1.165, 1.54) is 12.8 Å². The number of carboxylic acids is 2. The van der Waals surface area contributed by atoms with Gasteiger partial charge in [0.25, 0.3) is 0 Å². The van der Waals surface area contributed by atoms with Crippen LogP contribution in [0.25, 0.3) is 0 Å². The highest BCUT2D eigenvalue weighted by Gasteiger charge is 2.22. The lowest BCUT2D eigenvalue weighted by atomic mass is 9.96. The average Bonchev–Trinajstić information content (AvgIpc) is 2.45. The molecule has 0 unspecified atom stereocenters. The summed E-state index contributed by atoms with van der Waals surface area (Å²) in [5.41, 5.74) is 0.475. The van der Waals surface area contributed by atoms with Crippen molar-refractivity contribution in [3.8, 4) is 5.75 Å². The molecule has 0 aliphatic carbocycles. The standard InChI is InChI=1S/C16H22O5/c1-2-3-4-5-10-21-13-8-6-12(7-9-13)14(16(19)20)11-15(17)18/h6-9,14H,2-5,10-11H2,1H3,(H,17,18)(H,19,20)/t14-/m1/s1. The third kappa shape index (κ3) is 6.29. The molecular weight excluding hydrogens is 272 g/mol. The predicted octanol–water partition coefficient (Wildman–Crippen LogP) is 3.29. The van der Waals surface area contributed by atoms with Gasteiger partial charge >= 0.3 is 11.9 Å². The first-order chi connectivity index (χ1) is 10.0. The molecule has 1 atom stereocenters. The van der Waals surface area contributed by atoms with Crippen molar-refractivity contribution in [1.82, 2.24) is 0 Å². The van der Waals surface area contributed by atoms with E-state index in [2.05, 4.69) is 6.92 Å². The SMILES string of the molecule is CCCCCCOc1ccc([C@@H](CC(=O)O)C(=O)O)cc1. The molecule has 0 saturated carbocycles. The molecule has 0 spiro atoms. The number of rotatable bonds is 10. The second kappa shape index (κ2) is 9.00. The van der Waals surface area contributed by atoms with Crippen LogP contribution < -0.4 is 4.74 Å². The number of aliphatic carboxylic acids is 2. The van der Waals surface area contributed by atoms with Crippen molar-refractivity contribution in [3.05, 3.63) is 29.8 Å². The van der Waals surface area contributed by atoms with Gasteiger partial charge in [-0.2, -0.15) is 0 Å². The van der Waals surface area contributed by atoms with Gasteiger partial charge in [-0.05, 0) is 24.1 Å². The highest BCUT2D eigenvalue weighted by Crippen LogP contribution is 2.23. The molecule has 0 aliphatic rings. The van der Waals surface area contributed by atoms with Crippen LogP contribution in [0.1, 0.15) is 50.5 Å². The number of carboxylic acid groups (broad SMARTS) is 2. The summed E-state index contributed by atoms with van der Waals surface area (Å²) in [5, 5.41) is 17.8. The maximum Gasteiger partial charge on any atom is 0.311 e. The Hall–Kier alpha value is -2.04. The van der Waals surface area contributed by atoms with Crippen molar-refractivity contribution in [1.29, 1.82) is 0 Å². The van der Waals surface area contributed by atoms with E-state index in [9.17, 15) is 9.59 Å². The molecule has 1 rings (SSSR count). The molecule has 5 nitrogen and oxygen atoms in total. The minimum absolute atomic E-state index is 0.424. The number of carbonyl (C=O) groups is 2. The minimum atomic E-state index is -1.13. The predicted molar refractivity (Wildman–Crippen MR) is 78.7 cm³/mol. The first-order valence-electron chi connectivity index (χ1n) is 7.22. The Labute approximate surface area is 124 Å². The highest BCUT2D eigenvalue weighted by atomic mass is 16.5. The second-order valence-electron chi connectivity index (χ2n) is 4.97. The zero-order chi connectivity index (χ0) is 15.7. The van der Waals surface area contributed by atoms with Crippen LogP contribution >= 0.6 is 0 Å². The molecule has 1 aromatic rings. The van der Waals surface area contributed by atoms with Crippen molar-refractivity contribution in [2.75, 3.05) is 6.61 Å². The van der Waals surface area contributed by atoms with Gasteiger partial charge in [-0.15, -0.1) is 0 Å². The van der Waals surface area contributed by atoms with Crippen LogP contribution in [0.2, 0.25) is 0 Å². The fourth-order valence-corrected chi connectivity index (χ4v) is 2.04. The number of ether oxygens (including phenoxy) is 1. The van der Waals surface area contributed by atoms with Crippen LogP contribution in [0, 0.1) is 0 Å². The quantitative estimate of drug-likeness (QED) is 0.647. The van der Waals surface area contributed by atoms with E-state index in [4.69, 9.17) is 14.9 Å². The Morgan fingerprint density at radius 2 is 1.76 bits per heavy atom. The molecule has 0 aromatic heterocycles. The van der Waals surface area contributed by atoms with Gasteiger partial charge in [0.2, 0.25) is 0 Å². The van der Waals surface area contributed by atoms with E-state index in [1.54, 1.807) is 24.3 Å². The Balaban J connectivity index is 2.55. The number of unbranched alkanes of at least 4 members (excludes halogenated alkanes) is 3. The largest absolute Gasteiger partial charge is 0.494 e. The maximum absolute atomic E-state index is 11.1. The van der Waals surface area contributed by atoms with Gasteiger partial charge in [-0.25, -0.2) is 0 Å². The maximum atomic E-state index is 11.1. The normalized spacial score (nSPS) is 11.9. The summed E-state index contributed by atoms with van der Waals surface area (Å²) >= 11 is 0. The molecule has 5 heteroatoms. The van der Waals surface area contributed by atoms with E-state index in [0.717, 1.165) is 12.8 Å². The van der Waals surface area contributed by atoms with Gasteiger partial charge in [0.05, 0.1) is 18.9 Å². The fourth-order valence-electron chi connectivity index (χ4n) is 2.04. The zero-order valence-corrected chi connectivity index (χ0v) is 12.2. The third-order valence-electron chi connectivity index (χ3n) is 3.23. The summed E-state index contributed by atoms with van der Waals surface area (Å²) < 4.78 is 5.57. The van der Waals surface area contributed by atoms with Crippen molar-refractivity contribution < 1.29 is 24.5 Å². The average molecular weight is 294 g/mol. The number of benzene rings is 1. The van der Waals surface area contributed by atoms with Crippen molar-refractivity contribution >= 4 is 11.9 Å². The van der Waals surface area contributed by atoms with E-state index < -0.39 is 24.3 Å². The Morgan fingerprint density at radius 3 is 2.29 bits per heavy atom. The first-order valence-corrected chi connectivity index (χ1v) is 7.22. The van der Waals surface area contributed by atoms with Gasteiger partial charge in [0.15, 0.2) is 0 Å². The lowest BCUT2D eigenvalue weighted by molar-refractivity contribution is -0.145. The molecule has 21 heavy (non-hydrogen) atoms. The molecular formula is C16H22O5. The highest BCUT2D eigenvalue weighted by molar-refractivity contribution is 5.82. The van der Waals surface area contributed by atoms with Crippen LogP contribution in [-0.4, -0.2) is 28.8 Å². The fraction of sp³-hybridized carbons (Fsp3) is 0.500. The summed E-state index contributed by atoms with van der Waals surface area (Å²) in [6.07, 6.45) is 4.07. The summed E-state index contributed by atoms with van der Waals surface area (Å²) in [6, 6.07) is 6.60. The zero-order valence-electron chi connectivity index (χ0n) is 12.2. The van der Waals surface area contributed by atoms with E-state index in [0.29, 0.717) is 17.9 Å². The molecule has 2 N–H and O–H groups in total. The minimum Gasteiger partial charge on any atom is -0.494 e. The first kappa shape index (κ1) is 17.0. The summed E-state index contributed by atoms with van der Waals surface area (Å²) in [5.74, 6) is -2.61. The Kier molecular flexibility index (Phi) is 7.29. The van der Waals surface area contributed by atoms with E-state index in [1.807, 2.05) is 0 Å². The van der Waals surface area contributed by atoms with E-state index >= 15 is 0 Å². The van der Waals surface area contributed by atoms with Crippen LogP contribution in [0.5, 0.6) is 5.75 Å². The van der Waals surface area contributed by atoms with E-state index in [-0.39, 0.29) is 0 Å². The topological polar surface area (TPSA) is 83.8 Å². The van der Waals surface area contributed by atoms with Crippen LogP contribution in [0.15, 0.2) is 24.3 Å². The summed E-state index contributed by atoms with van der Waals surface area (Å²) in [6.45, 7) is 2.78.